The number of carbonyl (C=O) groups is 1. The number of nitrogens with one attached hydrogen (secondary N) is 1. The number of aryl methyl sites for hydroxylation is 1. The van der Waals surface area contributed by atoms with Gasteiger partial charge in [-0.2, -0.15) is 0 Å². The fourth-order valence-corrected chi connectivity index (χ4v) is 3.43. The van der Waals surface area contributed by atoms with Gasteiger partial charge in [-0.25, -0.2) is 13.2 Å². The molecule has 0 aliphatic rings. The number of rotatable bonds is 5. The Morgan fingerprint density at radius 3 is 2.39 bits per heavy atom. The molecule has 0 aromatic heterocycles. The molecule has 0 spiro atoms. The lowest BCUT2D eigenvalue weighted by atomic mass is 10.1. The molecule has 0 bridgehead atoms. The molecule has 5 nitrogen and oxygen atoms in total. The SMILES string of the molecule is COC(=O)c1ccc(CS(=O)(=O)Nc2ccc(Br)c(C)c2)cc1. The first-order chi connectivity index (χ1) is 10.8. The summed E-state index contributed by atoms with van der Waals surface area (Å²) in [5, 5.41) is 0. The van der Waals surface area contributed by atoms with Gasteiger partial charge in [-0.3, -0.25) is 4.72 Å². The van der Waals surface area contributed by atoms with E-state index in [0.29, 0.717) is 16.8 Å². The number of esters is 1. The van der Waals surface area contributed by atoms with Crippen LogP contribution in [0.15, 0.2) is 46.9 Å². The van der Waals surface area contributed by atoms with Crippen LogP contribution in [0.25, 0.3) is 0 Å². The van der Waals surface area contributed by atoms with Gasteiger partial charge in [0.1, 0.15) is 0 Å². The molecule has 0 atom stereocenters. The van der Waals surface area contributed by atoms with Gasteiger partial charge in [0.25, 0.3) is 0 Å². The predicted octanol–water partition coefficient (Wildman–Crippen LogP) is 3.49. The van der Waals surface area contributed by atoms with E-state index in [0.717, 1.165) is 10.0 Å². The number of hydrogen-bond donors (Lipinski definition) is 1. The smallest absolute Gasteiger partial charge is 0.337 e. The lowest BCUT2D eigenvalue weighted by Crippen LogP contribution is -2.15. The van der Waals surface area contributed by atoms with Crippen molar-refractivity contribution in [3.05, 3.63) is 63.6 Å². The van der Waals surface area contributed by atoms with Crippen molar-refractivity contribution in [1.82, 2.24) is 0 Å². The van der Waals surface area contributed by atoms with E-state index in [2.05, 4.69) is 25.4 Å². The zero-order valence-electron chi connectivity index (χ0n) is 12.7. The molecule has 0 saturated heterocycles. The van der Waals surface area contributed by atoms with E-state index in [9.17, 15) is 13.2 Å². The van der Waals surface area contributed by atoms with E-state index in [-0.39, 0.29) is 5.75 Å². The summed E-state index contributed by atoms with van der Waals surface area (Å²) >= 11 is 3.37. The molecule has 7 heteroatoms. The van der Waals surface area contributed by atoms with Crippen molar-refractivity contribution in [2.24, 2.45) is 0 Å². The largest absolute Gasteiger partial charge is 0.465 e. The Morgan fingerprint density at radius 1 is 1.17 bits per heavy atom. The summed E-state index contributed by atoms with van der Waals surface area (Å²) in [5.74, 6) is -0.633. The molecule has 2 aromatic carbocycles. The van der Waals surface area contributed by atoms with E-state index in [1.165, 1.54) is 7.11 Å². The van der Waals surface area contributed by atoms with Crippen molar-refractivity contribution in [2.45, 2.75) is 12.7 Å². The maximum absolute atomic E-state index is 12.2. The van der Waals surface area contributed by atoms with Gasteiger partial charge in [0.05, 0.1) is 18.4 Å². The van der Waals surface area contributed by atoms with E-state index >= 15 is 0 Å². The van der Waals surface area contributed by atoms with E-state index in [1.807, 2.05) is 6.92 Å². The van der Waals surface area contributed by atoms with Crippen molar-refractivity contribution in [2.75, 3.05) is 11.8 Å². The fourth-order valence-electron chi connectivity index (χ4n) is 2.00. The van der Waals surface area contributed by atoms with Crippen molar-refractivity contribution < 1.29 is 17.9 Å². The minimum atomic E-state index is -3.54. The Balaban J connectivity index is 2.11. The van der Waals surface area contributed by atoms with Crippen molar-refractivity contribution in [3.8, 4) is 0 Å². The molecular weight excluding hydrogens is 382 g/mol. The summed E-state index contributed by atoms with van der Waals surface area (Å²) in [7, 11) is -2.24. The summed E-state index contributed by atoms with van der Waals surface area (Å²) in [6.07, 6.45) is 0. The number of halogens is 1. The van der Waals surface area contributed by atoms with Crippen LogP contribution in [0.4, 0.5) is 5.69 Å². The van der Waals surface area contributed by atoms with Crippen LogP contribution in [0.2, 0.25) is 0 Å². The third-order valence-electron chi connectivity index (χ3n) is 3.16. The van der Waals surface area contributed by atoms with E-state index < -0.39 is 16.0 Å². The van der Waals surface area contributed by atoms with Crippen LogP contribution < -0.4 is 4.72 Å². The summed E-state index contributed by atoms with van der Waals surface area (Å²) in [5.41, 5.74) is 2.41. The van der Waals surface area contributed by atoms with E-state index in [4.69, 9.17) is 0 Å². The van der Waals surface area contributed by atoms with Crippen LogP contribution in [-0.4, -0.2) is 21.5 Å². The van der Waals surface area contributed by atoms with Crippen LogP contribution in [0.3, 0.4) is 0 Å². The minimum Gasteiger partial charge on any atom is -0.465 e. The maximum atomic E-state index is 12.2. The number of hydrogen-bond acceptors (Lipinski definition) is 4. The summed E-state index contributed by atoms with van der Waals surface area (Å²) < 4.78 is 32.5. The number of carbonyl (C=O) groups excluding carboxylic acids is 1. The lowest BCUT2D eigenvalue weighted by Gasteiger charge is -2.10. The highest BCUT2D eigenvalue weighted by atomic mass is 79.9. The Kier molecular flexibility index (Phi) is 5.43. The Hall–Kier alpha value is -1.86. The monoisotopic (exact) mass is 397 g/mol. The Labute approximate surface area is 143 Å². The standard InChI is InChI=1S/C16H16BrNO4S/c1-11-9-14(7-8-15(11)17)18-23(20,21)10-12-3-5-13(6-4-12)16(19)22-2/h3-9,18H,10H2,1-2H3. The molecule has 0 amide bonds. The Morgan fingerprint density at radius 2 is 1.83 bits per heavy atom. The average molecular weight is 398 g/mol. The molecule has 2 aromatic rings. The van der Waals surface area contributed by atoms with Crippen LogP contribution in [0.1, 0.15) is 21.5 Å². The average Bonchev–Trinajstić information content (AvgIpc) is 2.50. The quantitative estimate of drug-likeness (QED) is 0.783. The van der Waals surface area contributed by atoms with E-state index in [1.54, 1.807) is 42.5 Å². The van der Waals surface area contributed by atoms with Gasteiger partial charge in [0, 0.05) is 10.2 Å². The highest BCUT2D eigenvalue weighted by molar-refractivity contribution is 9.10. The van der Waals surface area contributed by atoms with Gasteiger partial charge < -0.3 is 4.74 Å². The van der Waals surface area contributed by atoms with Crippen LogP contribution in [0, 0.1) is 6.92 Å². The number of sulfonamides is 1. The molecular formula is C16H16BrNO4S. The van der Waals surface area contributed by atoms with Gasteiger partial charge in [0.2, 0.25) is 10.0 Å². The second-order valence-electron chi connectivity index (χ2n) is 5.01. The summed E-state index contributed by atoms with van der Waals surface area (Å²) in [6.45, 7) is 1.88. The first-order valence-electron chi connectivity index (χ1n) is 6.74. The highest BCUT2D eigenvalue weighted by Gasteiger charge is 2.13. The molecule has 2 rings (SSSR count). The minimum absolute atomic E-state index is 0.177. The van der Waals surface area contributed by atoms with Crippen molar-refractivity contribution >= 4 is 37.6 Å². The molecule has 0 unspecified atom stereocenters. The molecule has 0 fully saturated rings. The second kappa shape index (κ2) is 7.14. The first-order valence-corrected chi connectivity index (χ1v) is 9.19. The first kappa shape index (κ1) is 17.5. The van der Waals surface area contributed by atoms with Crippen molar-refractivity contribution in [3.63, 3.8) is 0 Å². The van der Waals surface area contributed by atoms with Gasteiger partial charge >= 0.3 is 5.97 Å². The molecule has 0 aliphatic heterocycles. The molecule has 122 valence electrons. The Bertz CT molecular complexity index is 816. The third-order valence-corrected chi connectivity index (χ3v) is 5.31. The number of methoxy groups -OCH3 is 1. The number of ether oxygens (including phenoxy) is 1. The molecule has 0 aliphatic carbocycles. The molecule has 23 heavy (non-hydrogen) atoms. The zero-order chi connectivity index (χ0) is 17.0. The van der Waals surface area contributed by atoms with Crippen LogP contribution in [-0.2, 0) is 20.5 Å². The zero-order valence-corrected chi connectivity index (χ0v) is 15.1. The lowest BCUT2D eigenvalue weighted by molar-refractivity contribution is 0.0600. The highest BCUT2D eigenvalue weighted by Crippen LogP contribution is 2.21. The predicted molar refractivity (Wildman–Crippen MR) is 92.9 cm³/mol. The summed E-state index contributed by atoms with van der Waals surface area (Å²) in [4.78, 5) is 11.4. The topological polar surface area (TPSA) is 72.5 Å². The van der Waals surface area contributed by atoms with Crippen LogP contribution >= 0.6 is 15.9 Å². The molecule has 0 radical (unpaired) electrons. The van der Waals surface area contributed by atoms with Gasteiger partial charge in [-0.1, -0.05) is 28.1 Å². The van der Waals surface area contributed by atoms with Crippen LogP contribution in [0.5, 0.6) is 0 Å². The maximum Gasteiger partial charge on any atom is 0.337 e. The molecule has 1 N–H and O–H groups in total. The summed E-state index contributed by atoms with van der Waals surface area (Å²) in [6, 6.07) is 11.5. The van der Waals surface area contributed by atoms with Gasteiger partial charge in [0.15, 0.2) is 0 Å². The number of anilines is 1. The molecule has 0 saturated carbocycles. The second-order valence-corrected chi connectivity index (χ2v) is 7.59. The normalized spacial score (nSPS) is 11.1. The fraction of sp³-hybridized carbons (Fsp3) is 0.188. The van der Waals surface area contributed by atoms with Crippen molar-refractivity contribution in [1.29, 1.82) is 0 Å². The third kappa shape index (κ3) is 4.80. The molecule has 0 heterocycles. The van der Waals surface area contributed by atoms with Gasteiger partial charge in [-0.05, 0) is 48.4 Å². The number of benzene rings is 2. The van der Waals surface area contributed by atoms with Gasteiger partial charge in [-0.15, -0.1) is 0 Å².